The van der Waals surface area contributed by atoms with E-state index in [0.29, 0.717) is 6.54 Å². The first-order valence-electron chi connectivity index (χ1n) is 6.07. The van der Waals surface area contributed by atoms with Gasteiger partial charge in [0.15, 0.2) is 5.96 Å². The van der Waals surface area contributed by atoms with Crippen molar-refractivity contribution in [1.29, 1.82) is 0 Å². The number of hydrogen-bond donors (Lipinski definition) is 0. The van der Waals surface area contributed by atoms with Crippen LogP contribution in [-0.4, -0.2) is 58.0 Å². The summed E-state index contributed by atoms with van der Waals surface area (Å²) in [6, 6.07) is 8.50. The van der Waals surface area contributed by atoms with Crippen LogP contribution in [-0.2, 0) is 6.54 Å². The zero-order chi connectivity index (χ0) is 13.7. The van der Waals surface area contributed by atoms with E-state index in [0.717, 1.165) is 5.96 Å². The number of guanidine groups is 1. The fourth-order valence-corrected chi connectivity index (χ4v) is 1.74. The standard InChI is InChI=1S/C14H24N4/c1-16(2)13-9-7-12(8-10-13)11-15-14(17(3)4)18(5)6/h7-10H,11H2,1-6H3. The number of hydrogen-bond acceptors (Lipinski definition) is 2. The second-order valence-electron chi connectivity index (χ2n) is 4.97. The molecular weight excluding hydrogens is 224 g/mol. The Labute approximate surface area is 111 Å². The number of benzene rings is 1. The zero-order valence-electron chi connectivity index (χ0n) is 12.3. The Morgan fingerprint density at radius 2 is 1.39 bits per heavy atom. The molecule has 0 bridgehead atoms. The lowest BCUT2D eigenvalue weighted by Gasteiger charge is -2.22. The first-order valence-corrected chi connectivity index (χ1v) is 6.07. The van der Waals surface area contributed by atoms with Gasteiger partial charge < -0.3 is 14.7 Å². The van der Waals surface area contributed by atoms with Gasteiger partial charge in [0.2, 0.25) is 0 Å². The molecule has 0 aliphatic rings. The summed E-state index contributed by atoms with van der Waals surface area (Å²) in [4.78, 5) is 10.8. The molecule has 0 unspecified atom stereocenters. The second kappa shape index (κ2) is 6.28. The summed E-state index contributed by atoms with van der Waals surface area (Å²) >= 11 is 0. The van der Waals surface area contributed by atoms with Gasteiger partial charge in [-0.15, -0.1) is 0 Å². The maximum atomic E-state index is 4.62. The van der Waals surface area contributed by atoms with E-state index in [2.05, 4.69) is 34.2 Å². The van der Waals surface area contributed by atoms with E-state index >= 15 is 0 Å². The van der Waals surface area contributed by atoms with E-state index in [-0.39, 0.29) is 0 Å². The lowest BCUT2D eigenvalue weighted by Crippen LogP contribution is -2.35. The third-order valence-corrected chi connectivity index (χ3v) is 2.66. The lowest BCUT2D eigenvalue weighted by molar-refractivity contribution is 0.479. The molecule has 0 saturated carbocycles. The fraction of sp³-hybridized carbons (Fsp3) is 0.500. The van der Waals surface area contributed by atoms with Gasteiger partial charge in [0.1, 0.15) is 0 Å². The first kappa shape index (κ1) is 14.4. The van der Waals surface area contributed by atoms with E-state index in [1.807, 2.05) is 52.1 Å². The van der Waals surface area contributed by atoms with E-state index < -0.39 is 0 Å². The van der Waals surface area contributed by atoms with Crippen LogP contribution in [0.2, 0.25) is 0 Å². The summed E-state index contributed by atoms with van der Waals surface area (Å²) in [5.41, 5.74) is 2.44. The van der Waals surface area contributed by atoms with Crippen LogP contribution in [0.5, 0.6) is 0 Å². The molecule has 0 N–H and O–H groups in total. The highest BCUT2D eigenvalue weighted by Crippen LogP contribution is 2.12. The number of nitrogens with zero attached hydrogens (tertiary/aromatic N) is 4. The van der Waals surface area contributed by atoms with E-state index in [9.17, 15) is 0 Å². The van der Waals surface area contributed by atoms with E-state index in [1.54, 1.807) is 0 Å². The maximum Gasteiger partial charge on any atom is 0.195 e. The van der Waals surface area contributed by atoms with Crippen LogP contribution in [0.15, 0.2) is 29.3 Å². The van der Waals surface area contributed by atoms with Crippen LogP contribution >= 0.6 is 0 Å². The van der Waals surface area contributed by atoms with Gasteiger partial charge in [0, 0.05) is 48.0 Å². The average molecular weight is 248 g/mol. The number of aliphatic imine (C=N–C) groups is 1. The largest absolute Gasteiger partial charge is 0.378 e. The number of anilines is 1. The third-order valence-electron chi connectivity index (χ3n) is 2.66. The molecule has 1 aromatic rings. The van der Waals surface area contributed by atoms with E-state index in [4.69, 9.17) is 0 Å². The van der Waals surface area contributed by atoms with E-state index in [1.165, 1.54) is 11.3 Å². The second-order valence-corrected chi connectivity index (χ2v) is 4.97. The minimum absolute atomic E-state index is 0.708. The van der Waals surface area contributed by atoms with Crippen molar-refractivity contribution in [2.45, 2.75) is 6.54 Å². The summed E-state index contributed by atoms with van der Waals surface area (Å²) in [7, 11) is 12.1. The van der Waals surface area contributed by atoms with Crippen LogP contribution in [0, 0.1) is 0 Å². The highest BCUT2D eigenvalue weighted by Gasteiger charge is 2.03. The molecule has 0 radical (unpaired) electrons. The first-order chi connectivity index (χ1) is 8.41. The molecule has 0 amide bonds. The van der Waals surface area contributed by atoms with Gasteiger partial charge in [-0.1, -0.05) is 12.1 Å². The summed E-state index contributed by atoms with van der Waals surface area (Å²) in [6.45, 7) is 0.708. The highest BCUT2D eigenvalue weighted by molar-refractivity contribution is 5.79. The fourth-order valence-electron chi connectivity index (χ4n) is 1.74. The van der Waals surface area contributed by atoms with Crippen molar-refractivity contribution in [3.8, 4) is 0 Å². The van der Waals surface area contributed by atoms with Crippen LogP contribution < -0.4 is 4.90 Å². The Morgan fingerprint density at radius 1 is 0.889 bits per heavy atom. The Kier molecular flexibility index (Phi) is 5.01. The molecule has 4 nitrogen and oxygen atoms in total. The lowest BCUT2D eigenvalue weighted by atomic mass is 10.2. The molecule has 0 atom stereocenters. The molecule has 0 aromatic heterocycles. The summed E-state index contributed by atoms with van der Waals surface area (Å²) in [6.07, 6.45) is 0. The molecule has 1 aromatic carbocycles. The Bertz CT molecular complexity index is 381. The summed E-state index contributed by atoms with van der Waals surface area (Å²) in [5, 5.41) is 0. The molecule has 0 aliphatic carbocycles. The zero-order valence-corrected chi connectivity index (χ0v) is 12.3. The average Bonchev–Trinajstić information content (AvgIpc) is 2.28. The molecule has 18 heavy (non-hydrogen) atoms. The van der Waals surface area contributed by atoms with Gasteiger partial charge >= 0.3 is 0 Å². The van der Waals surface area contributed by atoms with Gasteiger partial charge in [-0.25, -0.2) is 4.99 Å². The summed E-state index contributed by atoms with van der Waals surface area (Å²) < 4.78 is 0. The predicted molar refractivity (Wildman–Crippen MR) is 79.3 cm³/mol. The Balaban J connectivity index is 2.75. The van der Waals surface area contributed by atoms with Gasteiger partial charge in [0.25, 0.3) is 0 Å². The van der Waals surface area contributed by atoms with Crippen LogP contribution in [0.1, 0.15) is 5.56 Å². The van der Waals surface area contributed by atoms with Gasteiger partial charge in [-0.05, 0) is 17.7 Å². The van der Waals surface area contributed by atoms with Gasteiger partial charge in [-0.3, -0.25) is 0 Å². The van der Waals surface area contributed by atoms with Crippen molar-refractivity contribution in [3.05, 3.63) is 29.8 Å². The van der Waals surface area contributed by atoms with Crippen molar-refractivity contribution in [2.24, 2.45) is 4.99 Å². The summed E-state index contributed by atoms with van der Waals surface area (Å²) in [5.74, 6) is 0.978. The van der Waals surface area contributed by atoms with Crippen LogP contribution in [0.25, 0.3) is 0 Å². The molecule has 0 saturated heterocycles. The minimum atomic E-state index is 0.708. The molecule has 0 heterocycles. The topological polar surface area (TPSA) is 22.1 Å². The SMILES string of the molecule is CN(C)C(=NCc1ccc(N(C)C)cc1)N(C)C. The molecule has 1 rings (SSSR count). The van der Waals surface area contributed by atoms with Crippen molar-refractivity contribution < 1.29 is 0 Å². The normalized spacial score (nSPS) is 9.89. The van der Waals surface area contributed by atoms with Crippen molar-refractivity contribution in [2.75, 3.05) is 47.2 Å². The monoisotopic (exact) mass is 248 g/mol. The quantitative estimate of drug-likeness (QED) is 0.601. The maximum absolute atomic E-state index is 4.62. The van der Waals surface area contributed by atoms with Gasteiger partial charge in [-0.2, -0.15) is 0 Å². The molecule has 4 heteroatoms. The molecular formula is C14H24N4. The van der Waals surface area contributed by atoms with Crippen LogP contribution in [0.3, 0.4) is 0 Å². The Morgan fingerprint density at radius 3 is 1.78 bits per heavy atom. The molecule has 0 fully saturated rings. The number of rotatable bonds is 3. The Hall–Kier alpha value is -1.71. The molecule has 0 spiro atoms. The smallest absolute Gasteiger partial charge is 0.195 e. The van der Waals surface area contributed by atoms with Crippen molar-refractivity contribution in [3.63, 3.8) is 0 Å². The van der Waals surface area contributed by atoms with Crippen LogP contribution in [0.4, 0.5) is 5.69 Å². The third kappa shape index (κ3) is 3.95. The molecule has 100 valence electrons. The minimum Gasteiger partial charge on any atom is -0.378 e. The molecule has 0 aliphatic heterocycles. The van der Waals surface area contributed by atoms with Crippen molar-refractivity contribution in [1.82, 2.24) is 9.80 Å². The van der Waals surface area contributed by atoms with Crippen molar-refractivity contribution >= 4 is 11.6 Å². The highest BCUT2D eigenvalue weighted by atomic mass is 15.3. The predicted octanol–water partition coefficient (Wildman–Crippen LogP) is 1.73. The van der Waals surface area contributed by atoms with Gasteiger partial charge in [0.05, 0.1) is 6.54 Å².